The minimum atomic E-state index is 0.141. The van der Waals surface area contributed by atoms with E-state index in [4.69, 9.17) is 0 Å². The van der Waals surface area contributed by atoms with Crippen molar-refractivity contribution in [2.75, 3.05) is 18.0 Å². The normalized spacial score (nSPS) is 17.2. The Morgan fingerprint density at radius 3 is 2.16 bits per heavy atom. The molecule has 1 fully saturated rings. The molecular formula is C22H28N2O. The van der Waals surface area contributed by atoms with Gasteiger partial charge in [-0.15, -0.1) is 0 Å². The van der Waals surface area contributed by atoms with Gasteiger partial charge in [0.1, 0.15) is 0 Å². The molecule has 1 aliphatic heterocycles. The Kier molecular flexibility index (Phi) is 5.87. The van der Waals surface area contributed by atoms with Gasteiger partial charge < -0.3 is 9.80 Å². The highest BCUT2D eigenvalue weighted by Gasteiger charge is 2.28. The summed E-state index contributed by atoms with van der Waals surface area (Å²) in [4.78, 5) is 16.8. The third-order valence-corrected chi connectivity index (χ3v) is 5.24. The Bertz CT molecular complexity index is 663. The lowest BCUT2D eigenvalue weighted by Crippen LogP contribution is -2.49. The Morgan fingerprint density at radius 2 is 1.60 bits per heavy atom. The molecule has 0 N–H and O–H groups in total. The van der Waals surface area contributed by atoms with Crippen LogP contribution in [0.25, 0.3) is 0 Å². The number of rotatable bonds is 5. The molecule has 1 heterocycles. The fourth-order valence-electron chi connectivity index (χ4n) is 3.91. The summed E-state index contributed by atoms with van der Waals surface area (Å²) in [5.41, 5.74) is 2.41. The van der Waals surface area contributed by atoms with Gasteiger partial charge in [0, 0.05) is 37.8 Å². The zero-order valence-corrected chi connectivity index (χ0v) is 15.3. The van der Waals surface area contributed by atoms with E-state index in [-0.39, 0.29) is 5.91 Å². The van der Waals surface area contributed by atoms with Gasteiger partial charge in [0.05, 0.1) is 0 Å². The third kappa shape index (κ3) is 4.49. The second-order valence-corrected chi connectivity index (χ2v) is 7.03. The maximum absolute atomic E-state index is 12.2. The minimum Gasteiger partial charge on any atom is -0.310 e. The topological polar surface area (TPSA) is 23.6 Å². The summed E-state index contributed by atoms with van der Waals surface area (Å²) in [5.74, 6) is 0.141. The van der Waals surface area contributed by atoms with Crippen molar-refractivity contribution in [2.24, 2.45) is 0 Å². The van der Waals surface area contributed by atoms with Gasteiger partial charge in [0.2, 0.25) is 5.91 Å². The summed E-state index contributed by atoms with van der Waals surface area (Å²) in [6.07, 6.45) is 3.15. The number of carbonyl (C=O) groups excluding carboxylic acids is 1. The monoisotopic (exact) mass is 336 g/mol. The lowest BCUT2D eigenvalue weighted by atomic mass is 9.98. The summed E-state index contributed by atoms with van der Waals surface area (Å²) in [5, 5.41) is 0. The van der Waals surface area contributed by atoms with Gasteiger partial charge in [-0.1, -0.05) is 48.5 Å². The predicted octanol–water partition coefficient (Wildman–Crippen LogP) is 4.14. The SMILES string of the molecule is CC(=O)N(c1ccccc1)C1CCN([C@@H](C)Cc2ccccc2)CC1. The lowest BCUT2D eigenvalue weighted by molar-refractivity contribution is -0.117. The highest BCUT2D eigenvalue weighted by atomic mass is 16.2. The largest absolute Gasteiger partial charge is 0.310 e. The van der Waals surface area contributed by atoms with Gasteiger partial charge in [-0.2, -0.15) is 0 Å². The summed E-state index contributed by atoms with van der Waals surface area (Å²) in [6, 6.07) is 21.6. The van der Waals surface area contributed by atoms with E-state index < -0.39 is 0 Å². The van der Waals surface area contributed by atoms with Gasteiger partial charge in [-0.25, -0.2) is 0 Å². The maximum atomic E-state index is 12.2. The summed E-state index contributed by atoms with van der Waals surface area (Å²) in [7, 11) is 0. The molecule has 0 aliphatic carbocycles. The number of benzene rings is 2. The first-order chi connectivity index (χ1) is 12.1. The van der Waals surface area contributed by atoms with Gasteiger partial charge in [0.15, 0.2) is 0 Å². The number of hydrogen-bond donors (Lipinski definition) is 0. The van der Waals surface area contributed by atoms with Crippen molar-refractivity contribution in [1.82, 2.24) is 4.90 Å². The van der Waals surface area contributed by atoms with Gasteiger partial charge in [-0.3, -0.25) is 4.79 Å². The molecule has 0 unspecified atom stereocenters. The van der Waals surface area contributed by atoms with Crippen LogP contribution in [0.4, 0.5) is 5.69 Å². The fourth-order valence-corrected chi connectivity index (χ4v) is 3.91. The smallest absolute Gasteiger partial charge is 0.224 e. The van der Waals surface area contributed by atoms with Gasteiger partial charge in [-0.05, 0) is 43.9 Å². The van der Waals surface area contributed by atoms with Crippen molar-refractivity contribution in [1.29, 1.82) is 0 Å². The van der Waals surface area contributed by atoms with E-state index in [1.165, 1.54) is 5.56 Å². The molecule has 3 heteroatoms. The van der Waals surface area contributed by atoms with Crippen molar-refractivity contribution < 1.29 is 4.79 Å². The molecular weight excluding hydrogens is 308 g/mol. The first-order valence-corrected chi connectivity index (χ1v) is 9.28. The predicted molar refractivity (Wildman–Crippen MR) is 104 cm³/mol. The Labute approximate surface area is 151 Å². The van der Waals surface area contributed by atoms with Crippen LogP contribution in [0, 0.1) is 0 Å². The number of anilines is 1. The highest BCUT2D eigenvalue weighted by molar-refractivity contribution is 5.92. The summed E-state index contributed by atoms with van der Waals surface area (Å²) < 4.78 is 0. The molecule has 1 saturated heterocycles. The van der Waals surface area contributed by atoms with E-state index in [9.17, 15) is 4.79 Å². The Hall–Kier alpha value is -2.13. The van der Waals surface area contributed by atoms with Crippen LogP contribution in [0.2, 0.25) is 0 Å². The minimum absolute atomic E-state index is 0.141. The fraction of sp³-hybridized carbons (Fsp3) is 0.409. The molecule has 0 bridgehead atoms. The molecule has 1 aliphatic rings. The van der Waals surface area contributed by atoms with Crippen LogP contribution in [0.1, 0.15) is 32.3 Å². The molecule has 1 amide bonds. The van der Waals surface area contributed by atoms with Crippen LogP contribution in [0.5, 0.6) is 0 Å². The average molecular weight is 336 g/mol. The van der Waals surface area contributed by atoms with Crippen molar-refractivity contribution >= 4 is 11.6 Å². The number of amides is 1. The van der Waals surface area contributed by atoms with Crippen molar-refractivity contribution in [3.05, 3.63) is 66.2 Å². The van der Waals surface area contributed by atoms with Crippen molar-refractivity contribution in [2.45, 2.75) is 45.2 Å². The van der Waals surface area contributed by atoms with Crippen molar-refractivity contribution in [3.8, 4) is 0 Å². The zero-order valence-electron chi connectivity index (χ0n) is 15.3. The number of carbonyl (C=O) groups is 1. The Balaban J connectivity index is 1.59. The molecule has 0 saturated carbocycles. The molecule has 3 rings (SSSR count). The van der Waals surface area contributed by atoms with E-state index in [1.807, 2.05) is 35.2 Å². The van der Waals surface area contributed by atoms with Crippen LogP contribution in [-0.2, 0) is 11.2 Å². The standard InChI is InChI=1S/C22H28N2O/c1-18(17-20-9-5-3-6-10-20)23-15-13-22(14-16-23)24(19(2)25)21-11-7-4-8-12-21/h3-12,18,22H,13-17H2,1-2H3/t18-/m0/s1. The van der Waals surface area contributed by atoms with Crippen LogP contribution < -0.4 is 4.90 Å². The number of piperidine rings is 1. The van der Waals surface area contributed by atoms with Crippen LogP contribution in [-0.4, -0.2) is 36.0 Å². The second kappa shape index (κ2) is 8.30. The van der Waals surface area contributed by atoms with E-state index in [2.05, 4.69) is 42.2 Å². The van der Waals surface area contributed by atoms with E-state index >= 15 is 0 Å². The van der Waals surface area contributed by atoms with Gasteiger partial charge >= 0.3 is 0 Å². The van der Waals surface area contributed by atoms with E-state index in [0.717, 1.165) is 38.0 Å². The molecule has 25 heavy (non-hydrogen) atoms. The van der Waals surface area contributed by atoms with Crippen LogP contribution in [0.15, 0.2) is 60.7 Å². The van der Waals surface area contributed by atoms with E-state index in [1.54, 1.807) is 6.92 Å². The van der Waals surface area contributed by atoms with Crippen molar-refractivity contribution in [3.63, 3.8) is 0 Å². The highest BCUT2D eigenvalue weighted by Crippen LogP contribution is 2.25. The summed E-state index contributed by atoms with van der Waals surface area (Å²) in [6.45, 7) is 6.09. The number of nitrogens with zero attached hydrogens (tertiary/aromatic N) is 2. The summed E-state index contributed by atoms with van der Waals surface area (Å²) >= 11 is 0. The number of likely N-dealkylation sites (tertiary alicyclic amines) is 1. The van der Waals surface area contributed by atoms with Crippen LogP contribution >= 0.6 is 0 Å². The third-order valence-electron chi connectivity index (χ3n) is 5.24. The zero-order chi connectivity index (χ0) is 17.6. The first-order valence-electron chi connectivity index (χ1n) is 9.28. The molecule has 0 spiro atoms. The molecule has 2 aromatic carbocycles. The molecule has 0 radical (unpaired) electrons. The van der Waals surface area contributed by atoms with Crippen LogP contribution in [0.3, 0.4) is 0 Å². The van der Waals surface area contributed by atoms with E-state index in [0.29, 0.717) is 12.1 Å². The average Bonchev–Trinajstić information content (AvgIpc) is 2.64. The molecule has 0 aromatic heterocycles. The quantitative estimate of drug-likeness (QED) is 0.819. The van der Waals surface area contributed by atoms with Gasteiger partial charge in [0.25, 0.3) is 0 Å². The molecule has 132 valence electrons. The first kappa shape index (κ1) is 17.7. The molecule has 1 atom stereocenters. The lowest BCUT2D eigenvalue weighted by Gasteiger charge is -2.40. The Morgan fingerprint density at radius 1 is 1.04 bits per heavy atom. The molecule has 2 aromatic rings. The number of para-hydroxylation sites is 1. The number of hydrogen-bond acceptors (Lipinski definition) is 2. The second-order valence-electron chi connectivity index (χ2n) is 7.03. The maximum Gasteiger partial charge on any atom is 0.224 e. The molecule has 3 nitrogen and oxygen atoms in total.